The van der Waals surface area contributed by atoms with Crippen molar-refractivity contribution in [3.05, 3.63) is 27.4 Å². The van der Waals surface area contributed by atoms with E-state index in [4.69, 9.17) is 0 Å². The Morgan fingerprint density at radius 2 is 2.25 bits per heavy atom. The number of urea groups is 1. The van der Waals surface area contributed by atoms with Crippen molar-refractivity contribution in [3.8, 4) is 0 Å². The molecule has 24 heavy (non-hydrogen) atoms. The second-order valence-electron chi connectivity index (χ2n) is 5.71. The number of piperazine rings is 1. The summed E-state index contributed by atoms with van der Waals surface area (Å²) in [6, 6.07) is 1.15. The van der Waals surface area contributed by atoms with Crippen LogP contribution in [-0.2, 0) is 4.74 Å². The van der Waals surface area contributed by atoms with E-state index in [9.17, 15) is 19.7 Å². The van der Waals surface area contributed by atoms with E-state index in [1.54, 1.807) is 16.7 Å². The Bertz CT molecular complexity index is 722. The van der Waals surface area contributed by atoms with Crippen molar-refractivity contribution in [2.24, 2.45) is 0 Å². The highest BCUT2D eigenvalue weighted by Crippen LogP contribution is 2.33. The first-order valence-corrected chi connectivity index (χ1v) is 7.46. The third-order valence-electron chi connectivity index (χ3n) is 4.22. The first-order chi connectivity index (χ1) is 11.4. The number of rotatable bonds is 3. The van der Waals surface area contributed by atoms with Crippen molar-refractivity contribution in [2.75, 3.05) is 38.2 Å². The van der Waals surface area contributed by atoms with Gasteiger partial charge in [-0.15, -0.1) is 0 Å². The van der Waals surface area contributed by atoms with Gasteiger partial charge < -0.3 is 19.9 Å². The third kappa shape index (κ3) is 2.59. The molecule has 2 amide bonds. The molecule has 2 aliphatic rings. The predicted molar refractivity (Wildman–Crippen MR) is 83.1 cm³/mol. The Balaban J connectivity index is 2.01. The van der Waals surface area contributed by atoms with Crippen LogP contribution in [0.2, 0.25) is 0 Å². The Kier molecular flexibility index (Phi) is 3.96. The number of hydrogen-bond acceptors (Lipinski definition) is 7. The third-order valence-corrected chi connectivity index (χ3v) is 4.22. The molecule has 0 bridgehead atoms. The van der Waals surface area contributed by atoms with Crippen LogP contribution in [-0.4, -0.2) is 66.1 Å². The molecule has 10 heteroatoms. The summed E-state index contributed by atoms with van der Waals surface area (Å²) in [5.74, 6) is -0.635. The number of carbonyl (C=O) groups is 2. The molecule has 128 valence electrons. The normalized spacial score (nSPS) is 19.8. The number of aryl methyl sites for hydroxylation is 1. The smallest absolute Gasteiger partial charge is 0.345 e. The van der Waals surface area contributed by atoms with Gasteiger partial charge in [-0.1, -0.05) is 0 Å². The molecule has 0 radical (unpaired) electrons. The van der Waals surface area contributed by atoms with Gasteiger partial charge in [0.1, 0.15) is 5.56 Å². The molecule has 0 aliphatic carbocycles. The number of fused-ring (bicyclic) bond motifs is 1. The minimum Gasteiger partial charge on any atom is -0.465 e. The van der Waals surface area contributed by atoms with E-state index in [2.05, 4.69) is 15.0 Å². The molecule has 1 unspecified atom stereocenters. The van der Waals surface area contributed by atoms with Gasteiger partial charge in [-0.05, 0) is 13.0 Å². The van der Waals surface area contributed by atoms with Crippen LogP contribution in [0.25, 0.3) is 0 Å². The highest BCUT2D eigenvalue weighted by atomic mass is 16.6. The molecule has 10 nitrogen and oxygen atoms in total. The number of anilines is 1. The predicted octanol–water partition coefficient (Wildman–Crippen LogP) is 0.299. The lowest BCUT2D eigenvalue weighted by molar-refractivity contribution is -0.384. The summed E-state index contributed by atoms with van der Waals surface area (Å²) in [7, 11) is 1.18. The fraction of sp³-hybridized carbons (Fsp3) is 0.500. The van der Waals surface area contributed by atoms with Gasteiger partial charge in [0.25, 0.3) is 0 Å². The molecule has 2 fully saturated rings. The minimum atomic E-state index is -0.773. The second-order valence-corrected chi connectivity index (χ2v) is 5.71. The van der Waals surface area contributed by atoms with Crippen LogP contribution in [0.15, 0.2) is 6.07 Å². The summed E-state index contributed by atoms with van der Waals surface area (Å²) >= 11 is 0. The van der Waals surface area contributed by atoms with Crippen molar-refractivity contribution in [1.29, 1.82) is 0 Å². The van der Waals surface area contributed by atoms with E-state index < -0.39 is 10.9 Å². The average molecular weight is 335 g/mol. The highest BCUT2D eigenvalue weighted by molar-refractivity contribution is 5.96. The zero-order chi connectivity index (χ0) is 17.4. The number of hydrogen-bond donors (Lipinski definition) is 1. The Hall–Kier alpha value is -2.91. The van der Waals surface area contributed by atoms with Crippen LogP contribution in [0.5, 0.6) is 0 Å². The molecule has 0 spiro atoms. The van der Waals surface area contributed by atoms with Crippen LogP contribution in [0.3, 0.4) is 0 Å². The van der Waals surface area contributed by atoms with Gasteiger partial charge in [0.2, 0.25) is 5.82 Å². The fourth-order valence-electron chi connectivity index (χ4n) is 3.11. The molecule has 2 aliphatic heterocycles. The Morgan fingerprint density at radius 1 is 1.50 bits per heavy atom. The quantitative estimate of drug-likeness (QED) is 0.479. The van der Waals surface area contributed by atoms with E-state index in [1.807, 2.05) is 0 Å². The zero-order valence-corrected chi connectivity index (χ0v) is 13.3. The molecule has 3 rings (SSSR count). The first-order valence-electron chi connectivity index (χ1n) is 7.46. The van der Waals surface area contributed by atoms with Gasteiger partial charge in [0.05, 0.1) is 18.1 Å². The van der Waals surface area contributed by atoms with Crippen LogP contribution in [0.4, 0.5) is 16.3 Å². The standard InChI is InChI=1S/C14H17N5O5/c1-8-5-10(13(20)24-2)11(19(22)23)12(16-8)17-3-4-18-9(7-17)6-15-14(18)21/h5,9H,3-4,6-7H2,1-2H3,(H,15,21). The number of pyridine rings is 1. The lowest BCUT2D eigenvalue weighted by Crippen LogP contribution is -2.52. The molecule has 2 saturated heterocycles. The number of amides is 2. The summed E-state index contributed by atoms with van der Waals surface area (Å²) in [6.45, 7) is 3.41. The summed E-state index contributed by atoms with van der Waals surface area (Å²) in [5, 5.41) is 14.3. The number of ether oxygens (including phenoxy) is 1. The van der Waals surface area contributed by atoms with E-state index in [0.29, 0.717) is 31.9 Å². The van der Waals surface area contributed by atoms with Gasteiger partial charge in [-0.2, -0.15) is 0 Å². The van der Waals surface area contributed by atoms with Crippen molar-refractivity contribution in [1.82, 2.24) is 15.2 Å². The number of carbonyl (C=O) groups excluding carboxylic acids is 2. The number of nitro groups is 1. The minimum absolute atomic E-state index is 0.0743. The van der Waals surface area contributed by atoms with E-state index in [-0.39, 0.29) is 29.1 Å². The van der Waals surface area contributed by atoms with Gasteiger partial charge >= 0.3 is 17.7 Å². The number of methoxy groups -OCH3 is 1. The van der Waals surface area contributed by atoms with Crippen molar-refractivity contribution < 1.29 is 19.2 Å². The zero-order valence-electron chi connectivity index (χ0n) is 13.3. The number of esters is 1. The van der Waals surface area contributed by atoms with Crippen LogP contribution in [0, 0.1) is 17.0 Å². The maximum Gasteiger partial charge on any atom is 0.345 e. The van der Waals surface area contributed by atoms with Crippen LogP contribution < -0.4 is 10.2 Å². The molecule has 0 aromatic carbocycles. The van der Waals surface area contributed by atoms with Crippen molar-refractivity contribution in [2.45, 2.75) is 13.0 Å². The van der Waals surface area contributed by atoms with E-state index >= 15 is 0 Å². The lowest BCUT2D eigenvalue weighted by Gasteiger charge is -2.36. The first kappa shape index (κ1) is 16.0. The molecular formula is C14H17N5O5. The molecule has 3 heterocycles. The molecule has 1 aromatic rings. The molecule has 0 saturated carbocycles. The second kappa shape index (κ2) is 5.95. The lowest BCUT2D eigenvalue weighted by atomic mass is 10.1. The molecule has 1 atom stereocenters. The average Bonchev–Trinajstić information content (AvgIpc) is 2.93. The Labute approximate surface area is 137 Å². The maximum absolute atomic E-state index is 11.9. The molecule has 1 aromatic heterocycles. The van der Waals surface area contributed by atoms with Crippen molar-refractivity contribution >= 4 is 23.5 Å². The number of aromatic nitrogens is 1. The number of nitrogens with one attached hydrogen (secondary N) is 1. The summed E-state index contributed by atoms with van der Waals surface area (Å²) < 4.78 is 4.66. The largest absolute Gasteiger partial charge is 0.465 e. The SMILES string of the molecule is COC(=O)c1cc(C)nc(N2CCN3C(=O)NCC3C2)c1[N+](=O)[O-]. The van der Waals surface area contributed by atoms with Gasteiger partial charge in [-0.25, -0.2) is 14.6 Å². The Morgan fingerprint density at radius 3 is 2.92 bits per heavy atom. The highest BCUT2D eigenvalue weighted by Gasteiger charge is 2.39. The molecular weight excluding hydrogens is 318 g/mol. The van der Waals surface area contributed by atoms with Crippen LogP contribution in [0.1, 0.15) is 16.1 Å². The van der Waals surface area contributed by atoms with Gasteiger partial charge in [0.15, 0.2) is 0 Å². The van der Waals surface area contributed by atoms with Crippen LogP contribution >= 0.6 is 0 Å². The van der Waals surface area contributed by atoms with Crippen molar-refractivity contribution in [3.63, 3.8) is 0 Å². The van der Waals surface area contributed by atoms with Gasteiger partial charge in [0, 0.05) is 31.9 Å². The summed E-state index contributed by atoms with van der Waals surface area (Å²) in [6.07, 6.45) is 0. The fourth-order valence-corrected chi connectivity index (χ4v) is 3.11. The van der Waals surface area contributed by atoms with E-state index in [1.165, 1.54) is 13.2 Å². The van der Waals surface area contributed by atoms with E-state index in [0.717, 1.165) is 0 Å². The number of nitrogens with zero attached hydrogens (tertiary/aromatic N) is 4. The summed E-state index contributed by atoms with van der Waals surface area (Å²) in [5.41, 5.74) is 0.00490. The topological polar surface area (TPSA) is 118 Å². The van der Waals surface area contributed by atoms with Gasteiger partial charge in [-0.3, -0.25) is 10.1 Å². The maximum atomic E-state index is 11.9. The summed E-state index contributed by atoms with van der Waals surface area (Å²) in [4.78, 5) is 42.3. The molecule has 1 N–H and O–H groups in total. The monoisotopic (exact) mass is 335 g/mol.